The number of carbonyl (C=O) groups excluding carboxylic acids is 1. The van der Waals surface area contributed by atoms with Gasteiger partial charge < -0.3 is 15.4 Å². The van der Waals surface area contributed by atoms with Gasteiger partial charge in [-0.1, -0.05) is 0 Å². The van der Waals surface area contributed by atoms with E-state index in [1.807, 2.05) is 0 Å². The van der Waals surface area contributed by atoms with Gasteiger partial charge in [0.25, 0.3) is 0 Å². The normalized spacial score (nSPS) is 23.5. The van der Waals surface area contributed by atoms with Gasteiger partial charge in [-0.15, -0.1) is 0 Å². The van der Waals surface area contributed by atoms with Crippen LogP contribution in [-0.2, 0) is 22.4 Å². The minimum atomic E-state index is -0.168. The van der Waals surface area contributed by atoms with E-state index in [9.17, 15) is 4.79 Å². The zero-order chi connectivity index (χ0) is 17.9. The molecule has 2 fully saturated rings. The fourth-order valence-corrected chi connectivity index (χ4v) is 4.59. The molecule has 26 heavy (non-hydrogen) atoms. The van der Waals surface area contributed by atoms with Crippen LogP contribution in [0.3, 0.4) is 0 Å². The Morgan fingerprint density at radius 2 is 1.77 bits per heavy atom. The van der Waals surface area contributed by atoms with Crippen molar-refractivity contribution in [3.05, 3.63) is 17.6 Å². The molecule has 2 saturated heterocycles. The van der Waals surface area contributed by atoms with Crippen molar-refractivity contribution in [3.8, 4) is 0 Å². The monoisotopic (exact) mass is 359 g/mol. The van der Waals surface area contributed by atoms with Crippen molar-refractivity contribution in [3.63, 3.8) is 0 Å². The number of nitrogens with zero attached hydrogens (tertiary/aromatic N) is 4. The van der Waals surface area contributed by atoms with E-state index in [4.69, 9.17) is 10.5 Å². The zero-order valence-electron chi connectivity index (χ0n) is 15.4. The quantitative estimate of drug-likeness (QED) is 0.858. The van der Waals surface area contributed by atoms with Crippen molar-refractivity contribution in [2.24, 2.45) is 11.7 Å². The number of nitrogens with two attached hydrogens (primary N) is 1. The highest BCUT2D eigenvalue weighted by Gasteiger charge is 2.29. The number of carbonyl (C=O) groups is 1. The molecule has 2 N–H and O–H groups in total. The molecule has 0 radical (unpaired) electrons. The van der Waals surface area contributed by atoms with Crippen molar-refractivity contribution in [1.82, 2.24) is 14.9 Å². The minimum Gasteiger partial charge on any atom is -0.381 e. The van der Waals surface area contributed by atoms with Crippen LogP contribution in [0.5, 0.6) is 0 Å². The average Bonchev–Trinajstić information content (AvgIpc) is 2.91. The van der Waals surface area contributed by atoms with E-state index in [0.29, 0.717) is 6.04 Å². The number of hydrogen-bond donors (Lipinski definition) is 1. The van der Waals surface area contributed by atoms with Crippen molar-refractivity contribution >= 4 is 11.7 Å². The molecule has 3 aliphatic rings. The molecular weight excluding hydrogens is 330 g/mol. The molecule has 0 saturated carbocycles. The summed E-state index contributed by atoms with van der Waals surface area (Å²) in [5, 5.41) is 0. The molecule has 7 nitrogen and oxygen atoms in total. The van der Waals surface area contributed by atoms with Gasteiger partial charge in [0.15, 0.2) is 0 Å². The molecule has 1 aromatic heterocycles. The summed E-state index contributed by atoms with van der Waals surface area (Å²) in [5.41, 5.74) is 7.97. The molecule has 1 amide bonds. The second-order valence-corrected chi connectivity index (χ2v) is 7.67. The lowest BCUT2D eigenvalue weighted by Crippen LogP contribution is -2.41. The van der Waals surface area contributed by atoms with E-state index in [-0.39, 0.29) is 11.8 Å². The van der Waals surface area contributed by atoms with Gasteiger partial charge >= 0.3 is 0 Å². The molecule has 1 aromatic rings. The second kappa shape index (κ2) is 7.88. The molecule has 0 aliphatic carbocycles. The molecule has 0 atom stereocenters. The lowest BCUT2D eigenvalue weighted by Gasteiger charge is -2.33. The second-order valence-electron chi connectivity index (χ2n) is 7.67. The number of anilines is 1. The molecule has 4 rings (SSSR count). The Morgan fingerprint density at radius 1 is 1.04 bits per heavy atom. The van der Waals surface area contributed by atoms with Crippen LogP contribution in [0, 0.1) is 5.92 Å². The predicted octanol–water partition coefficient (Wildman–Crippen LogP) is 0.758. The van der Waals surface area contributed by atoms with Gasteiger partial charge in [-0.3, -0.25) is 9.69 Å². The average molecular weight is 359 g/mol. The topological polar surface area (TPSA) is 84.6 Å². The van der Waals surface area contributed by atoms with Crippen LogP contribution >= 0.6 is 0 Å². The van der Waals surface area contributed by atoms with Gasteiger partial charge in [0.2, 0.25) is 5.91 Å². The summed E-state index contributed by atoms with van der Waals surface area (Å²) in [6.07, 6.45) is 7.60. The first-order valence-corrected chi connectivity index (χ1v) is 9.91. The van der Waals surface area contributed by atoms with Crippen molar-refractivity contribution in [2.75, 3.05) is 44.3 Å². The van der Waals surface area contributed by atoms with E-state index >= 15 is 0 Å². The third kappa shape index (κ3) is 3.69. The Bertz CT molecular complexity index is 639. The number of hydrogen-bond acceptors (Lipinski definition) is 6. The van der Waals surface area contributed by atoms with Gasteiger partial charge in [-0.2, -0.15) is 0 Å². The Morgan fingerprint density at radius 3 is 2.50 bits per heavy atom. The van der Waals surface area contributed by atoms with Crippen LogP contribution < -0.4 is 10.6 Å². The smallest absolute Gasteiger partial charge is 0.220 e. The lowest BCUT2D eigenvalue weighted by molar-refractivity contribution is -0.122. The third-order valence-electron chi connectivity index (χ3n) is 6.20. The van der Waals surface area contributed by atoms with E-state index in [1.54, 1.807) is 6.33 Å². The number of ether oxygens (including phenoxy) is 1. The summed E-state index contributed by atoms with van der Waals surface area (Å²) in [7, 11) is 0. The SMILES string of the molecule is NC(=O)C1CCN(c2ncnc3c2CCN(C2CCOCC2)CC3)CC1. The number of amides is 1. The molecule has 7 heteroatoms. The largest absolute Gasteiger partial charge is 0.381 e. The maximum Gasteiger partial charge on any atom is 0.220 e. The first kappa shape index (κ1) is 17.7. The molecule has 3 aliphatic heterocycles. The van der Waals surface area contributed by atoms with Gasteiger partial charge in [-0.05, 0) is 32.1 Å². The Balaban J connectivity index is 1.47. The minimum absolute atomic E-state index is 0.00991. The fraction of sp³-hybridized carbons (Fsp3) is 0.737. The van der Waals surface area contributed by atoms with E-state index in [1.165, 1.54) is 11.3 Å². The van der Waals surface area contributed by atoms with Gasteiger partial charge in [0, 0.05) is 63.3 Å². The Labute approximate surface area is 154 Å². The maximum absolute atomic E-state index is 11.4. The first-order valence-electron chi connectivity index (χ1n) is 9.91. The summed E-state index contributed by atoms with van der Waals surface area (Å²) < 4.78 is 5.52. The van der Waals surface area contributed by atoms with Crippen LogP contribution in [0.1, 0.15) is 36.9 Å². The summed E-state index contributed by atoms with van der Waals surface area (Å²) in [6.45, 7) is 5.59. The number of rotatable bonds is 3. The standard InChI is InChI=1S/C19H29N5O2/c20-18(25)14-1-7-24(8-2-14)19-16-3-9-23(15-5-11-26-12-6-15)10-4-17(16)21-13-22-19/h13-15H,1-12H2,(H2,20,25). The predicted molar refractivity (Wildman–Crippen MR) is 99.0 cm³/mol. The molecular formula is C19H29N5O2. The van der Waals surface area contributed by atoms with Crippen LogP contribution in [0.25, 0.3) is 0 Å². The highest BCUT2D eigenvalue weighted by Crippen LogP contribution is 2.28. The number of fused-ring (bicyclic) bond motifs is 1. The molecule has 142 valence electrons. The van der Waals surface area contributed by atoms with Crippen molar-refractivity contribution < 1.29 is 9.53 Å². The van der Waals surface area contributed by atoms with E-state index in [0.717, 1.165) is 83.7 Å². The van der Waals surface area contributed by atoms with E-state index in [2.05, 4.69) is 19.8 Å². The van der Waals surface area contributed by atoms with Gasteiger partial charge in [0.1, 0.15) is 12.1 Å². The van der Waals surface area contributed by atoms with Gasteiger partial charge in [0.05, 0.1) is 5.69 Å². The van der Waals surface area contributed by atoms with Crippen LogP contribution in [0.4, 0.5) is 5.82 Å². The summed E-state index contributed by atoms with van der Waals surface area (Å²) in [5.74, 6) is 0.917. The highest BCUT2D eigenvalue weighted by molar-refractivity contribution is 5.77. The van der Waals surface area contributed by atoms with Crippen LogP contribution in [0.2, 0.25) is 0 Å². The molecule has 0 aromatic carbocycles. The zero-order valence-corrected chi connectivity index (χ0v) is 15.4. The molecule has 0 unspecified atom stereocenters. The molecule has 0 spiro atoms. The van der Waals surface area contributed by atoms with Crippen molar-refractivity contribution in [1.29, 1.82) is 0 Å². The van der Waals surface area contributed by atoms with Crippen LogP contribution in [-0.4, -0.2) is 66.2 Å². The maximum atomic E-state index is 11.4. The summed E-state index contributed by atoms with van der Waals surface area (Å²) in [4.78, 5) is 25.6. The fourth-order valence-electron chi connectivity index (χ4n) is 4.59. The Kier molecular flexibility index (Phi) is 5.36. The highest BCUT2D eigenvalue weighted by atomic mass is 16.5. The molecule has 0 bridgehead atoms. The lowest BCUT2D eigenvalue weighted by atomic mass is 9.96. The summed E-state index contributed by atoms with van der Waals surface area (Å²) in [6, 6.07) is 0.640. The molecule has 4 heterocycles. The summed E-state index contributed by atoms with van der Waals surface area (Å²) >= 11 is 0. The van der Waals surface area contributed by atoms with E-state index < -0.39 is 0 Å². The third-order valence-corrected chi connectivity index (χ3v) is 6.20. The van der Waals surface area contributed by atoms with Crippen molar-refractivity contribution in [2.45, 2.75) is 44.6 Å². The number of piperidine rings is 1. The van der Waals surface area contributed by atoms with Crippen LogP contribution in [0.15, 0.2) is 6.33 Å². The number of aromatic nitrogens is 2. The number of primary amides is 1. The van der Waals surface area contributed by atoms with Gasteiger partial charge in [-0.25, -0.2) is 9.97 Å². The Hall–Kier alpha value is -1.73. The first-order chi connectivity index (χ1) is 12.7.